The molecule has 2 heterocycles. The summed E-state index contributed by atoms with van der Waals surface area (Å²) in [4.78, 5) is 29.8. The Hall–Kier alpha value is -2.83. The lowest BCUT2D eigenvalue weighted by Gasteiger charge is -2.28. The molecule has 7 heteroatoms. The average molecular weight is 443 g/mol. The molecule has 6 nitrogen and oxygen atoms in total. The maximum Gasteiger partial charge on any atom is 0.290 e. The molecule has 1 aromatic carbocycles. The lowest BCUT2D eigenvalue weighted by atomic mass is 9.95. The van der Waals surface area contributed by atoms with Crippen LogP contribution in [0.15, 0.2) is 64.5 Å². The molecule has 2 aromatic rings. The smallest absolute Gasteiger partial charge is 0.290 e. The summed E-state index contributed by atoms with van der Waals surface area (Å²) in [5, 5.41) is 11.1. The van der Waals surface area contributed by atoms with Crippen molar-refractivity contribution in [2.45, 2.75) is 26.3 Å². The summed E-state index contributed by atoms with van der Waals surface area (Å²) < 4.78 is 5.22. The predicted octanol–water partition coefficient (Wildman–Crippen LogP) is 4.64. The number of aliphatic hydroxyl groups is 1. The molecule has 0 saturated carbocycles. The van der Waals surface area contributed by atoms with Crippen molar-refractivity contribution in [1.29, 1.82) is 0 Å². The summed E-state index contributed by atoms with van der Waals surface area (Å²) in [5.74, 6) is -0.993. The van der Waals surface area contributed by atoms with Crippen LogP contribution in [0.25, 0.3) is 6.08 Å². The molecule has 0 fully saturated rings. The molecular weight excluding hydrogens is 416 g/mol. The van der Waals surface area contributed by atoms with Crippen LogP contribution in [0.5, 0.6) is 0 Å². The van der Waals surface area contributed by atoms with E-state index in [2.05, 4.69) is 18.7 Å². The maximum absolute atomic E-state index is 13.0. The number of nitrogens with zero attached hydrogens (tertiary/aromatic N) is 2. The Morgan fingerprint density at radius 3 is 2.68 bits per heavy atom. The van der Waals surface area contributed by atoms with E-state index in [0.717, 1.165) is 26.1 Å². The lowest BCUT2D eigenvalue weighted by molar-refractivity contribution is -0.129. The number of halogens is 1. The number of furan rings is 1. The third-order valence-electron chi connectivity index (χ3n) is 5.44. The van der Waals surface area contributed by atoms with E-state index in [1.807, 2.05) is 6.07 Å². The van der Waals surface area contributed by atoms with Gasteiger partial charge in [-0.1, -0.05) is 37.6 Å². The zero-order valence-corrected chi connectivity index (χ0v) is 18.5. The minimum Gasteiger partial charge on any atom is -0.503 e. The van der Waals surface area contributed by atoms with Crippen molar-refractivity contribution in [3.05, 3.63) is 76.4 Å². The van der Waals surface area contributed by atoms with Gasteiger partial charge in [-0.05, 0) is 68.0 Å². The molecule has 1 aliphatic rings. The third kappa shape index (κ3) is 5.27. The summed E-state index contributed by atoms with van der Waals surface area (Å²) in [6, 6.07) is 9.76. The van der Waals surface area contributed by atoms with E-state index in [-0.39, 0.29) is 5.57 Å². The first-order valence-corrected chi connectivity index (χ1v) is 10.8. The van der Waals surface area contributed by atoms with Crippen molar-refractivity contribution in [2.24, 2.45) is 0 Å². The van der Waals surface area contributed by atoms with Crippen LogP contribution in [0, 0.1) is 0 Å². The third-order valence-corrected chi connectivity index (χ3v) is 5.68. The van der Waals surface area contributed by atoms with Crippen LogP contribution in [0.2, 0.25) is 5.02 Å². The van der Waals surface area contributed by atoms with Crippen molar-refractivity contribution in [1.82, 2.24) is 9.80 Å². The Labute approximate surface area is 187 Å². The Morgan fingerprint density at radius 1 is 1.26 bits per heavy atom. The van der Waals surface area contributed by atoms with Gasteiger partial charge in [-0.15, -0.1) is 0 Å². The second-order valence-electron chi connectivity index (χ2n) is 7.31. The summed E-state index contributed by atoms with van der Waals surface area (Å²) in [7, 11) is 0. The first kappa shape index (κ1) is 22.8. The highest BCUT2D eigenvalue weighted by Crippen LogP contribution is 2.38. The van der Waals surface area contributed by atoms with Gasteiger partial charge in [0.15, 0.2) is 11.5 Å². The summed E-state index contributed by atoms with van der Waals surface area (Å²) in [5.41, 5.74) is 0.736. The monoisotopic (exact) mass is 442 g/mol. The highest BCUT2D eigenvalue weighted by atomic mass is 35.5. The number of hydrogen-bond donors (Lipinski definition) is 1. The molecular formula is C24H27ClN2O4. The molecule has 0 radical (unpaired) electrons. The number of carbonyl (C=O) groups excluding carboxylic acids is 2. The van der Waals surface area contributed by atoms with E-state index in [1.54, 1.807) is 35.2 Å². The van der Waals surface area contributed by atoms with Gasteiger partial charge in [-0.2, -0.15) is 0 Å². The largest absolute Gasteiger partial charge is 0.503 e. The molecule has 1 unspecified atom stereocenters. The Morgan fingerprint density at radius 2 is 2.03 bits per heavy atom. The van der Waals surface area contributed by atoms with Crippen molar-refractivity contribution in [2.75, 3.05) is 26.2 Å². The first-order chi connectivity index (χ1) is 15.0. The van der Waals surface area contributed by atoms with Crippen molar-refractivity contribution < 1.29 is 19.1 Å². The van der Waals surface area contributed by atoms with Crippen LogP contribution >= 0.6 is 11.6 Å². The number of amides is 1. The van der Waals surface area contributed by atoms with Crippen LogP contribution in [0.3, 0.4) is 0 Å². The van der Waals surface area contributed by atoms with Crippen LogP contribution in [0.1, 0.15) is 37.6 Å². The molecule has 1 amide bonds. The highest BCUT2D eigenvalue weighted by molar-refractivity contribution is 6.30. The molecule has 1 aliphatic heterocycles. The number of allylic oxidation sites excluding steroid dienone is 1. The number of benzene rings is 1. The van der Waals surface area contributed by atoms with Crippen molar-refractivity contribution in [3.63, 3.8) is 0 Å². The van der Waals surface area contributed by atoms with Crippen molar-refractivity contribution >= 4 is 29.4 Å². The first-order valence-electron chi connectivity index (χ1n) is 10.4. The number of carbonyl (C=O) groups is 2. The van der Waals surface area contributed by atoms with E-state index in [9.17, 15) is 14.7 Å². The normalized spacial score (nSPS) is 16.8. The zero-order valence-electron chi connectivity index (χ0n) is 17.8. The summed E-state index contributed by atoms with van der Waals surface area (Å²) in [6.45, 7) is 7.26. The number of aliphatic hydroxyl groups excluding tert-OH is 1. The fourth-order valence-corrected chi connectivity index (χ4v) is 4.00. The maximum atomic E-state index is 13.0. The number of hydrogen-bond acceptors (Lipinski definition) is 5. The summed E-state index contributed by atoms with van der Waals surface area (Å²) >= 11 is 6.18. The van der Waals surface area contributed by atoms with Gasteiger partial charge >= 0.3 is 0 Å². The Balaban J connectivity index is 1.89. The molecule has 1 atom stereocenters. The van der Waals surface area contributed by atoms with Gasteiger partial charge in [-0.3, -0.25) is 9.59 Å². The van der Waals surface area contributed by atoms with Gasteiger partial charge in [0.05, 0.1) is 17.9 Å². The van der Waals surface area contributed by atoms with Crippen LogP contribution < -0.4 is 0 Å². The van der Waals surface area contributed by atoms with Crippen molar-refractivity contribution in [3.8, 4) is 0 Å². The standard InChI is InChI=1S/C24H27ClN2O4/c1-3-26(4-2)13-7-14-27-22(17-8-5-9-18(25)16-17)21(23(29)24(27)30)20(28)12-11-19-10-6-15-31-19/h5-6,8-12,15-16,22,29H,3-4,7,13-14H2,1-2H3/b12-11+. The molecule has 3 rings (SSSR count). The summed E-state index contributed by atoms with van der Waals surface area (Å²) in [6.07, 6.45) is 5.06. The molecule has 0 aliphatic carbocycles. The SMILES string of the molecule is CCN(CC)CCCN1C(=O)C(O)=C(C(=O)/C=C/c2ccco2)C1c1cccc(Cl)c1. The van der Waals surface area contributed by atoms with Crippen LogP contribution in [-0.4, -0.2) is 52.8 Å². The van der Waals surface area contributed by atoms with Crippen LogP contribution in [0.4, 0.5) is 0 Å². The van der Waals surface area contributed by atoms with Gasteiger partial charge in [0.1, 0.15) is 5.76 Å². The van der Waals surface area contributed by atoms with E-state index in [4.69, 9.17) is 16.0 Å². The highest BCUT2D eigenvalue weighted by Gasteiger charge is 2.42. The Kier molecular flexibility index (Phi) is 7.71. The van der Waals surface area contributed by atoms with E-state index in [1.165, 1.54) is 18.4 Å². The zero-order chi connectivity index (χ0) is 22.4. The van der Waals surface area contributed by atoms with E-state index in [0.29, 0.717) is 22.9 Å². The molecule has 164 valence electrons. The quantitative estimate of drug-likeness (QED) is 0.542. The topological polar surface area (TPSA) is 74.0 Å². The fraction of sp³-hybridized carbons (Fsp3) is 0.333. The van der Waals surface area contributed by atoms with E-state index < -0.39 is 23.5 Å². The van der Waals surface area contributed by atoms with Gasteiger partial charge in [0.25, 0.3) is 5.91 Å². The minimum atomic E-state index is -0.698. The molecule has 31 heavy (non-hydrogen) atoms. The minimum absolute atomic E-state index is 0.0536. The molecule has 0 spiro atoms. The molecule has 0 bridgehead atoms. The van der Waals surface area contributed by atoms with Gasteiger partial charge < -0.3 is 19.3 Å². The van der Waals surface area contributed by atoms with Crippen LogP contribution in [-0.2, 0) is 9.59 Å². The fourth-order valence-electron chi connectivity index (χ4n) is 3.80. The predicted molar refractivity (Wildman–Crippen MR) is 121 cm³/mol. The Bertz CT molecular complexity index is 977. The van der Waals surface area contributed by atoms with Gasteiger partial charge in [0, 0.05) is 11.6 Å². The van der Waals surface area contributed by atoms with E-state index >= 15 is 0 Å². The second-order valence-corrected chi connectivity index (χ2v) is 7.75. The number of rotatable bonds is 10. The molecule has 1 aromatic heterocycles. The van der Waals surface area contributed by atoms with Gasteiger partial charge in [-0.25, -0.2) is 0 Å². The number of ketones is 1. The van der Waals surface area contributed by atoms with Gasteiger partial charge in [0.2, 0.25) is 0 Å². The molecule has 0 saturated heterocycles. The second kappa shape index (κ2) is 10.5. The average Bonchev–Trinajstić information content (AvgIpc) is 3.37. The molecule has 1 N–H and O–H groups in total. The lowest BCUT2D eigenvalue weighted by Crippen LogP contribution is -2.34.